The third-order valence-corrected chi connectivity index (χ3v) is 5.21. The van der Waals surface area contributed by atoms with Crippen LogP contribution in [0.5, 0.6) is 0 Å². The highest BCUT2D eigenvalue weighted by Gasteiger charge is 2.48. The van der Waals surface area contributed by atoms with E-state index in [1.54, 1.807) is 0 Å². The second-order valence-corrected chi connectivity index (χ2v) is 6.55. The lowest BCUT2D eigenvalue weighted by atomic mass is 9.76. The fraction of sp³-hybridized carbons (Fsp3) is 0.429. The minimum atomic E-state index is -1.27. The summed E-state index contributed by atoms with van der Waals surface area (Å²) < 4.78 is 20.0. The Hall–Kier alpha value is -2.20. The summed E-state index contributed by atoms with van der Waals surface area (Å²) in [5, 5.41) is 22.2. The highest BCUT2D eigenvalue weighted by Crippen LogP contribution is 2.46. The van der Waals surface area contributed by atoms with Crippen LogP contribution in [0, 0.1) is 21.8 Å². The molecule has 2 aliphatic rings. The Morgan fingerprint density at radius 2 is 2.38 bits per heavy atom. The molecule has 0 aromatic heterocycles. The Kier molecular flexibility index (Phi) is 4.41. The number of fused-ring (bicyclic) bond motifs is 1. The van der Waals surface area contributed by atoms with E-state index in [0.717, 1.165) is 18.2 Å². The molecule has 0 spiro atoms. The summed E-state index contributed by atoms with van der Waals surface area (Å²) in [7, 11) is 0. The molecule has 2 N–H and O–H groups in total. The van der Waals surface area contributed by atoms with Crippen LogP contribution in [0.1, 0.15) is 12.0 Å². The van der Waals surface area contributed by atoms with Crippen molar-refractivity contribution in [3.8, 4) is 0 Å². The van der Waals surface area contributed by atoms with Gasteiger partial charge in [-0.3, -0.25) is 15.4 Å². The van der Waals surface area contributed by atoms with Crippen molar-refractivity contribution >= 4 is 28.7 Å². The van der Waals surface area contributed by atoms with Crippen LogP contribution in [-0.2, 0) is 10.3 Å². The Morgan fingerprint density at radius 1 is 1.58 bits per heavy atom. The average molecular weight is 355 g/mol. The molecule has 1 saturated heterocycles. The number of hydrogen-bond acceptors (Lipinski definition) is 6. The molecule has 1 fully saturated rings. The van der Waals surface area contributed by atoms with Gasteiger partial charge in [-0.2, -0.15) is 0 Å². The SMILES string of the molecule is O=C(O)NC1=NC2(c3cc([N+](=O)[O-])ccc3F)COCCC2CS1. The average Bonchev–Trinajstić information content (AvgIpc) is 2.54. The number of nitro groups is 1. The van der Waals surface area contributed by atoms with Gasteiger partial charge in [0.25, 0.3) is 5.69 Å². The van der Waals surface area contributed by atoms with Crippen molar-refractivity contribution in [1.82, 2.24) is 5.32 Å². The number of benzene rings is 1. The third-order valence-electron chi connectivity index (χ3n) is 4.17. The zero-order chi connectivity index (χ0) is 17.3. The van der Waals surface area contributed by atoms with E-state index in [-0.39, 0.29) is 28.9 Å². The van der Waals surface area contributed by atoms with Crippen LogP contribution in [0.2, 0.25) is 0 Å². The number of carboxylic acid groups (broad SMARTS) is 1. The molecule has 0 radical (unpaired) electrons. The summed E-state index contributed by atoms with van der Waals surface area (Å²) in [6.45, 7) is 0.530. The molecule has 8 nitrogen and oxygen atoms in total. The number of amides is 1. The number of halogens is 1. The number of nitro benzene ring substituents is 1. The lowest BCUT2D eigenvalue weighted by Gasteiger charge is -2.43. The number of nitrogens with zero attached hydrogens (tertiary/aromatic N) is 2. The van der Waals surface area contributed by atoms with E-state index in [4.69, 9.17) is 9.84 Å². The highest BCUT2D eigenvalue weighted by molar-refractivity contribution is 8.13. The minimum Gasteiger partial charge on any atom is -0.465 e. The first kappa shape index (κ1) is 16.7. The maximum absolute atomic E-state index is 14.5. The van der Waals surface area contributed by atoms with Crippen LogP contribution < -0.4 is 5.32 Å². The van der Waals surface area contributed by atoms with Gasteiger partial charge in [0, 0.05) is 36.0 Å². The third kappa shape index (κ3) is 2.94. The molecule has 1 aromatic rings. The molecule has 10 heteroatoms. The second-order valence-electron chi connectivity index (χ2n) is 5.54. The molecular formula is C14H14FN3O5S. The zero-order valence-corrected chi connectivity index (χ0v) is 13.2. The first-order valence-electron chi connectivity index (χ1n) is 7.17. The van der Waals surface area contributed by atoms with E-state index in [1.807, 2.05) is 0 Å². The fourth-order valence-electron chi connectivity index (χ4n) is 3.02. The van der Waals surface area contributed by atoms with E-state index in [1.165, 1.54) is 11.8 Å². The number of rotatable bonds is 2. The van der Waals surface area contributed by atoms with Gasteiger partial charge in [0.15, 0.2) is 5.17 Å². The molecule has 0 saturated carbocycles. The maximum atomic E-state index is 14.5. The van der Waals surface area contributed by atoms with Crippen LogP contribution in [0.25, 0.3) is 0 Å². The molecular weight excluding hydrogens is 341 g/mol. The van der Waals surface area contributed by atoms with Crippen LogP contribution in [0.15, 0.2) is 23.2 Å². The smallest absolute Gasteiger partial charge is 0.410 e. The Balaban J connectivity index is 2.13. The Bertz CT molecular complexity index is 728. The van der Waals surface area contributed by atoms with Gasteiger partial charge in [-0.15, -0.1) is 0 Å². The van der Waals surface area contributed by atoms with Gasteiger partial charge < -0.3 is 9.84 Å². The van der Waals surface area contributed by atoms with Crippen molar-refractivity contribution < 1.29 is 24.0 Å². The molecule has 0 aliphatic carbocycles. The van der Waals surface area contributed by atoms with Gasteiger partial charge in [-0.05, 0) is 12.5 Å². The number of thioether (sulfide) groups is 1. The van der Waals surface area contributed by atoms with Gasteiger partial charge in [0.05, 0.1) is 11.5 Å². The number of amidine groups is 1. The molecule has 2 heterocycles. The van der Waals surface area contributed by atoms with Crippen molar-refractivity contribution in [1.29, 1.82) is 0 Å². The molecule has 24 heavy (non-hydrogen) atoms. The number of hydrogen-bond donors (Lipinski definition) is 2. The van der Waals surface area contributed by atoms with Crippen LogP contribution in [-0.4, -0.2) is 40.3 Å². The summed E-state index contributed by atoms with van der Waals surface area (Å²) in [5.41, 5.74) is -1.35. The van der Waals surface area contributed by atoms with Crippen molar-refractivity contribution in [2.75, 3.05) is 19.0 Å². The van der Waals surface area contributed by atoms with Crippen molar-refractivity contribution in [2.45, 2.75) is 12.0 Å². The molecule has 2 aliphatic heterocycles. The number of carbonyl (C=O) groups is 1. The normalized spacial score (nSPS) is 26.2. The van der Waals surface area contributed by atoms with Gasteiger partial charge in [-0.25, -0.2) is 14.2 Å². The highest BCUT2D eigenvalue weighted by atomic mass is 32.2. The lowest BCUT2D eigenvalue weighted by Crippen LogP contribution is -2.49. The van der Waals surface area contributed by atoms with Gasteiger partial charge in [-0.1, -0.05) is 11.8 Å². The van der Waals surface area contributed by atoms with Crippen LogP contribution >= 0.6 is 11.8 Å². The molecule has 2 unspecified atom stereocenters. The molecule has 3 rings (SSSR count). The van der Waals surface area contributed by atoms with Gasteiger partial charge >= 0.3 is 6.09 Å². The summed E-state index contributed by atoms with van der Waals surface area (Å²) in [6, 6.07) is 3.29. The van der Waals surface area contributed by atoms with E-state index in [2.05, 4.69) is 10.3 Å². The number of nitrogens with one attached hydrogen (secondary N) is 1. The zero-order valence-electron chi connectivity index (χ0n) is 12.4. The predicted molar refractivity (Wildman–Crippen MR) is 84.7 cm³/mol. The standard InChI is InChI=1S/C14H14FN3O5S/c15-11-2-1-9(18(21)22)5-10(11)14-7-23-4-3-8(14)6-24-12(17-14)16-13(19)20/h1-2,5,8H,3-4,6-7H2,(H,16,17)(H,19,20). The maximum Gasteiger partial charge on any atom is 0.410 e. The van der Waals surface area contributed by atoms with E-state index in [9.17, 15) is 19.3 Å². The molecule has 128 valence electrons. The van der Waals surface area contributed by atoms with Crippen molar-refractivity contribution in [3.05, 3.63) is 39.7 Å². The van der Waals surface area contributed by atoms with Crippen LogP contribution in [0.4, 0.5) is 14.9 Å². The first-order valence-corrected chi connectivity index (χ1v) is 8.16. The number of aliphatic imine (C=N–C) groups is 1. The predicted octanol–water partition coefficient (Wildman–Crippen LogP) is 2.34. The summed E-state index contributed by atoms with van der Waals surface area (Å²) >= 11 is 1.23. The van der Waals surface area contributed by atoms with Crippen LogP contribution in [0.3, 0.4) is 0 Å². The topological polar surface area (TPSA) is 114 Å². The van der Waals surface area contributed by atoms with Gasteiger partial charge in [0.2, 0.25) is 0 Å². The summed E-state index contributed by atoms with van der Waals surface area (Å²) in [6.07, 6.45) is -0.662. The minimum absolute atomic E-state index is 0.0428. The molecule has 1 amide bonds. The first-order chi connectivity index (χ1) is 11.4. The second kappa shape index (κ2) is 6.36. The Morgan fingerprint density at radius 3 is 3.08 bits per heavy atom. The number of non-ortho nitro benzene ring substituents is 1. The number of ether oxygens (including phenoxy) is 1. The van der Waals surface area contributed by atoms with E-state index >= 15 is 0 Å². The lowest BCUT2D eigenvalue weighted by molar-refractivity contribution is -0.385. The molecule has 2 atom stereocenters. The van der Waals surface area contributed by atoms with Crippen molar-refractivity contribution in [3.63, 3.8) is 0 Å². The Labute approximate surface area is 140 Å². The summed E-state index contributed by atoms with van der Waals surface area (Å²) in [5.74, 6) is -0.210. The largest absolute Gasteiger partial charge is 0.465 e. The molecule has 1 aromatic carbocycles. The quantitative estimate of drug-likeness (QED) is 0.622. The van der Waals surface area contributed by atoms with Crippen molar-refractivity contribution in [2.24, 2.45) is 10.9 Å². The summed E-state index contributed by atoms with van der Waals surface area (Å²) in [4.78, 5) is 25.7. The van der Waals surface area contributed by atoms with Gasteiger partial charge in [0.1, 0.15) is 11.4 Å². The van der Waals surface area contributed by atoms with E-state index < -0.39 is 22.4 Å². The molecule has 0 bridgehead atoms. The monoisotopic (exact) mass is 355 g/mol. The van der Waals surface area contributed by atoms with E-state index in [0.29, 0.717) is 18.8 Å². The fourth-order valence-corrected chi connectivity index (χ4v) is 4.21.